The van der Waals surface area contributed by atoms with Crippen molar-refractivity contribution in [1.82, 2.24) is 5.32 Å². The number of azo groups is 1. The number of carbonyl (C=O) groups is 2. The molecule has 2 rings (SSSR count). The quantitative estimate of drug-likeness (QED) is 0.834. The van der Waals surface area contributed by atoms with E-state index in [0.717, 1.165) is 31.2 Å². The van der Waals surface area contributed by atoms with Crippen LogP contribution in [0.25, 0.3) is 0 Å². The molecule has 1 heterocycles. The van der Waals surface area contributed by atoms with Crippen LogP contribution in [-0.2, 0) is 4.79 Å². The smallest absolute Gasteiger partial charge is 0.295 e. The highest BCUT2D eigenvalue weighted by molar-refractivity contribution is 5.97. The third kappa shape index (κ3) is 3.78. The van der Waals surface area contributed by atoms with Gasteiger partial charge in [0.05, 0.1) is 0 Å². The predicted molar refractivity (Wildman–Crippen MR) is 84.7 cm³/mol. The fourth-order valence-corrected chi connectivity index (χ4v) is 2.82. The molecule has 1 aromatic carbocycles. The fraction of sp³-hybridized carbons (Fsp3) is 0.529. The van der Waals surface area contributed by atoms with Crippen LogP contribution in [0.4, 0.5) is 0 Å². The number of hydrogen-bond donors (Lipinski definition) is 1. The van der Waals surface area contributed by atoms with Crippen molar-refractivity contribution in [1.29, 1.82) is 0 Å². The number of amides is 2. The normalized spacial score (nSPS) is 16.7. The van der Waals surface area contributed by atoms with E-state index in [1.807, 2.05) is 18.2 Å². The molecule has 118 valence electrons. The Labute approximate surface area is 131 Å². The lowest BCUT2D eigenvalue weighted by Gasteiger charge is -2.20. The van der Waals surface area contributed by atoms with E-state index in [9.17, 15) is 9.59 Å². The van der Waals surface area contributed by atoms with Crippen LogP contribution in [0.1, 0.15) is 61.5 Å². The van der Waals surface area contributed by atoms with Crippen LogP contribution in [-0.4, -0.2) is 18.4 Å². The van der Waals surface area contributed by atoms with Crippen LogP contribution < -0.4 is 5.32 Å². The van der Waals surface area contributed by atoms with Gasteiger partial charge in [-0.05, 0) is 24.5 Å². The minimum atomic E-state index is -0.312. The molecule has 0 aromatic heterocycles. The summed E-state index contributed by atoms with van der Waals surface area (Å²) >= 11 is 0. The lowest BCUT2D eigenvalue weighted by molar-refractivity contribution is -0.125. The number of rotatable bonds is 7. The van der Waals surface area contributed by atoms with Crippen LogP contribution in [0, 0.1) is 5.92 Å². The Morgan fingerprint density at radius 2 is 1.91 bits per heavy atom. The van der Waals surface area contributed by atoms with Crippen molar-refractivity contribution in [2.24, 2.45) is 16.1 Å². The molecule has 1 aliphatic rings. The van der Waals surface area contributed by atoms with E-state index < -0.39 is 0 Å². The summed E-state index contributed by atoms with van der Waals surface area (Å²) in [5.74, 6) is -0.172. The van der Waals surface area contributed by atoms with Gasteiger partial charge in [0.2, 0.25) is 5.91 Å². The number of carbonyl (C=O) groups excluding carboxylic acids is 2. The number of benzene rings is 1. The maximum absolute atomic E-state index is 12.3. The molecule has 1 N–H and O–H groups in total. The summed E-state index contributed by atoms with van der Waals surface area (Å²) in [5.41, 5.74) is 1.42. The third-order valence-electron chi connectivity index (χ3n) is 3.95. The molecule has 22 heavy (non-hydrogen) atoms. The Kier molecular flexibility index (Phi) is 5.81. The van der Waals surface area contributed by atoms with Gasteiger partial charge in [0.15, 0.2) is 0 Å². The van der Waals surface area contributed by atoms with Gasteiger partial charge in [-0.2, -0.15) is 5.11 Å². The molecular weight excluding hydrogens is 278 g/mol. The van der Waals surface area contributed by atoms with Crippen molar-refractivity contribution < 1.29 is 9.59 Å². The second-order valence-electron chi connectivity index (χ2n) is 5.64. The van der Waals surface area contributed by atoms with Crippen LogP contribution in [0.5, 0.6) is 0 Å². The maximum Gasteiger partial charge on any atom is 0.295 e. The Hall–Kier alpha value is -2.04. The minimum Gasteiger partial charge on any atom is -0.353 e. The summed E-state index contributed by atoms with van der Waals surface area (Å²) < 4.78 is 0. The van der Waals surface area contributed by atoms with Gasteiger partial charge in [0.25, 0.3) is 5.91 Å². The number of nitrogens with zero attached hydrogens (tertiary/aromatic N) is 2. The van der Waals surface area contributed by atoms with E-state index in [4.69, 9.17) is 0 Å². The summed E-state index contributed by atoms with van der Waals surface area (Å²) in [4.78, 5) is 24.0. The molecule has 0 saturated heterocycles. The fourth-order valence-electron chi connectivity index (χ4n) is 2.82. The monoisotopic (exact) mass is 301 g/mol. The molecule has 0 saturated carbocycles. The second kappa shape index (κ2) is 7.82. The van der Waals surface area contributed by atoms with Crippen LogP contribution in [0.15, 0.2) is 34.5 Å². The van der Waals surface area contributed by atoms with E-state index in [1.54, 1.807) is 6.07 Å². The molecule has 0 aliphatic carbocycles. The van der Waals surface area contributed by atoms with Crippen LogP contribution in [0.2, 0.25) is 0 Å². The van der Waals surface area contributed by atoms with Crippen molar-refractivity contribution in [2.45, 2.75) is 45.6 Å². The van der Waals surface area contributed by atoms with E-state index in [-0.39, 0.29) is 23.8 Å². The molecule has 5 heteroatoms. The first-order valence-electron chi connectivity index (χ1n) is 7.99. The summed E-state index contributed by atoms with van der Waals surface area (Å²) in [7, 11) is 0. The Balaban J connectivity index is 2.01. The Morgan fingerprint density at radius 1 is 1.23 bits per heavy atom. The zero-order valence-corrected chi connectivity index (χ0v) is 13.2. The zero-order valence-electron chi connectivity index (χ0n) is 13.2. The summed E-state index contributed by atoms with van der Waals surface area (Å²) in [6.07, 6.45) is 3.80. The molecule has 1 aromatic rings. The molecular formula is C17H23N3O2. The van der Waals surface area contributed by atoms with Gasteiger partial charge in [0.1, 0.15) is 6.04 Å². The van der Waals surface area contributed by atoms with Crippen molar-refractivity contribution >= 4 is 11.8 Å². The molecule has 1 unspecified atom stereocenters. The number of fused-ring (bicyclic) bond motifs is 1. The summed E-state index contributed by atoms with van der Waals surface area (Å²) in [6, 6.07) is 7.03. The van der Waals surface area contributed by atoms with Crippen molar-refractivity contribution in [3.63, 3.8) is 0 Å². The summed E-state index contributed by atoms with van der Waals surface area (Å²) in [5, 5.41) is 10.7. The summed E-state index contributed by atoms with van der Waals surface area (Å²) in [6.45, 7) is 4.57. The van der Waals surface area contributed by atoms with Gasteiger partial charge < -0.3 is 5.32 Å². The Morgan fingerprint density at radius 3 is 2.59 bits per heavy atom. The number of nitrogens with one attached hydrogen (secondary N) is 1. The first-order valence-corrected chi connectivity index (χ1v) is 7.99. The first-order chi connectivity index (χ1) is 10.7. The van der Waals surface area contributed by atoms with Gasteiger partial charge in [-0.3, -0.25) is 9.59 Å². The zero-order chi connectivity index (χ0) is 15.9. The molecule has 0 fully saturated rings. The molecule has 5 nitrogen and oxygen atoms in total. The molecule has 0 radical (unpaired) electrons. The lowest BCUT2D eigenvalue weighted by Crippen LogP contribution is -2.34. The van der Waals surface area contributed by atoms with Gasteiger partial charge in [0, 0.05) is 18.0 Å². The SMILES string of the molecule is CCCC(CCC)C(=O)NCC1N=NC(=O)c2ccccc21. The highest BCUT2D eigenvalue weighted by atomic mass is 16.2. The molecule has 1 atom stereocenters. The van der Waals surface area contributed by atoms with Crippen LogP contribution in [0.3, 0.4) is 0 Å². The number of hydrogen-bond acceptors (Lipinski definition) is 3. The molecule has 1 aliphatic heterocycles. The van der Waals surface area contributed by atoms with Crippen LogP contribution >= 0.6 is 0 Å². The maximum atomic E-state index is 12.3. The van der Waals surface area contributed by atoms with E-state index in [0.29, 0.717) is 12.1 Å². The first kappa shape index (κ1) is 16.3. The standard InChI is InChI=1S/C17H23N3O2/c1-3-7-12(8-4-2)16(21)18-11-15-13-9-5-6-10-14(13)17(22)20-19-15/h5-6,9-10,12,15H,3-4,7-8,11H2,1-2H3,(H,18,21). The Bertz CT molecular complexity index is 563. The van der Waals surface area contributed by atoms with Gasteiger partial charge in [-0.15, -0.1) is 5.11 Å². The van der Waals surface area contributed by atoms with Gasteiger partial charge >= 0.3 is 0 Å². The van der Waals surface area contributed by atoms with E-state index in [2.05, 4.69) is 29.4 Å². The van der Waals surface area contributed by atoms with E-state index in [1.165, 1.54) is 0 Å². The topological polar surface area (TPSA) is 70.9 Å². The highest BCUT2D eigenvalue weighted by Crippen LogP contribution is 2.26. The molecule has 2 amide bonds. The lowest BCUT2D eigenvalue weighted by atomic mass is 9.96. The van der Waals surface area contributed by atoms with Gasteiger partial charge in [-0.25, -0.2) is 0 Å². The molecule has 0 bridgehead atoms. The minimum absolute atomic E-state index is 0.0624. The van der Waals surface area contributed by atoms with Crippen molar-refractivity contribution in [3.05, 3.63) is 35.4 Å². The average Bonchev–Trinajstić information content (AvgIpc) is 2.54. The van der Waals surface area contributed by atoms with Crippen molar-refractivity contribution in [2.75, 3.05) is 6.54 Å². The van der Waals surface area contributed by atoms with Crippen molar-refractivity contribution in [3.8, 4) is 0 Å². The predicted octanol–water partition coefficient (Wildman–Crippen LogP) is 3.67. The third-order valence-corrected chi connectivity index (χ3v) is 3.95. The van der Waals surface area contributed by atoms with Gasteiger partial charge in [-0.1, -0.05) is 44.9 Å². The van der Waals surface area contributed by atoms with E-state index >= 15 is 0 Å². The second-order valence-corrected chi connectivity index (χ2v) is 5.64. The largest absolute Gasteiger partial charge is 0.353 e. The highest BCUT2D eigenvalue weighted by Gasteiger charge is 2.25. The average molecular weight is 301 g/mol. The molecule has 0 spiro atoms.